The van der Waals surface area contributed by atoms with Crippen molar-refractivity contribution in [2.24, 2.45) is 5.92 Å². The van der Waals surface area contributed by atoms with E-state index in [1.807, 2.05) is 0 Å². The molecule has 1 unspecified atom stereocenters. The standard InChI is InChI=1S/C15H17NO6/c1-9(2)14(22-3)13(17)12(15(18)19)8-10-5-4-6-11(7-10)16(20)21/h4-9,14H,1-3H3,(H,18,19). The number of nitro benzene ring substituents is 1. The molecule has 0 aromatic heterocycles. The zero-order chi connectivity index (χ0) is 16.9. The fourth-order valence-electron chi connectivity index (χ4n) is 1.97. The molecule has 118 valence electrons. The number of carboxylic acids is 1. The predicted octanol–water partition coefficient (Wildman–Crippen LogP) is 2.30. The zero-order valence-electron chi connectivity index (χ0n) is 12.5. The average Bonchev–Trinajstić information content (AvgIpc) is 2.44. The number of carbonyl (C=O) groups excluding carboxylic acids is 1. The van der Waals surface area contributed by atoms with Gasteiger partial charge in [-0.25, -0.2) is 4.79 Å². The van der Waals surface area contributed by atoms with Crippen LogP contribution in [0, 0.1) is 16.0 Å². The number of hydrogen-bond donors (Lipinski definition) is 1. The van der Waals surface area contributed by atoms with Crippen LogP contribution in [-0.4, -0.2) is 35.0 Å². The highest BCUT2D eigenvalue weighted by Gasteiger charge is 2.28. The first kappa shape index (κ1) is 17.5. The van der Waals surface area contributed by atoms with Crippen LogP contribution in [0.15, 0.2) is 29.8 Å². The Labute approximate surface area is 127 Å². The number of benzene rings is 1. The first-order valence-corrected chi connectivity index (χ1v) is 6.54. The lowest BCUT2D eigenvalue weighted by atomic mass is 9.96. The van der Waals surface area contributed by atoms with Crippen molar-refractivity contribution < 1.29 is 24.4 Å². The molecule has 0 spiro atoms. The normalized spacial score (nSPS) is 13.0. The first-order valence-electron chi connectivity index (χ1n) is 6.54. The van der Waals surface area contributed by atoms with Crippen molar-refractivity contribution in [2.45, 2.75) is 20.0 Å². The van der Waals surface area contributed by atoms with E-state index in [9.17, 15) is 24.8 Å². The van der Waals surface area contributed by atoms with E-state index in [1.165, 1.54) is 31.4 Å². The number of hydrogen-bond acceptors (Lipinski definition) is 5. The number of nitro groups is 1. The highest BCUT2D eigenvalue weighted by molar-refractivity contribution is 6.21. The van der Waals surface area contributed by atoms with Crippen LogP contribution in [-0.2, 0) is 14.3 Å². The summed E-state index contributed by atoms with van der Waals surface area (Å²) in [6.45, 7) is 3.47. The molecule has 1 aromatic carbocycles. The van der Waals surface area contributed by atoms with Crippen LogP contribution >= 0.6 is 0 Å². The molecule has 0 aliphatic carbocycles. The minimum Gasteiger partial charge on any atom is -0.478 e. The Hall–Kier alpha value is -2.54. The Bertz CT molecular complexity index is 620. The van der Waals surface area contributed by atoms with Gasteiger partial charge in [0, 0.05) is 19.2 Å². The highest BCUT2D eigenvalue weighted by Crippen LogP contribution is 2.19. The van der Waals surface area contributed by atoms with E-state index in [2.05, 4.69) is 0 Å². The van der Waals surface area contributed by atoms with Crippen LogP contribution in [0.1, 0.15) is 19.4 Å². The lowest BCUT2D eigenvalue weighted by Crippen LogP contribution is -2.32. The summed E-state index contributed by atoms with van der Waals surface area (Å²) < 4.78 is 5.04. The predicted molar refractivity (Wildman–Crippen MR) is 79.4 cm³/mol. The number of nitrogens with zero attached hydrogens (tertiary/aromatic N) is 1. The van der Waals surface area contributed by atoms with Gasteiger partial charge in [0.1, 0.15) is 11.7 Å². The minimum absolute atomic E-state index is 0.182. The second kappa shape index (κ2) is 7.46. The monoisotopic (exact) mass is 307 g/mol. The van der Waals surface area contributed by atoms with Crippen molar-refractivity contribution in [2.75, 3.05) is 7.11 Å². The molecule has 7 heteroatoms. The number of aliphatic carboxylic acids is 1. The summed E-state index contributed by atoms with van der Waals surface area (Å²) in [5.74, 6) is -2.28. The summed E-state index contributed by atoms with van der Waals surface area (Å²) in [7, 11) is 1.33. The maximum absolute atomic E-state index is 12.3. The van der Waals surface area contributed by atoms with Crippen LogP contribution < -0.4 is 0 Å². The van der Waals surface area contributed by atoms with Gasteiger partial charge in [0.25, 0.3) is 5.69 Å². The molecule has 0 radical (unpaired) electrons. The van der Waals surface area contributed by atoms with E-state index < -0.39 is 28.4 Å². The molecule has 0 aliphatic heterocycles. The van der Waals surface area contributed by atoms with E-state index in [0.29, 0.717) is 0 Å². The lowest BCUT2D eigenvalue weighted by molar-refractivity contribution is -0.384. The largest absolute Gasteiger partial charge is 0.478 e. The smallest absolute Gasteiger partial charge is 0.339 e. The topological polar surface area (TPSA) is 107 Å². The van der Waals surface area contributed by atoms with Crippen LogP contribution in [0.3, 0.4) is 0 Å². The molecule has 1 atom stereocenters. The van der Waals surface area contributed by atoms with Crippen molar-refractivity contribution >= 4 is 23.5 Å². The van der Waals surface area contributed by atoms with Crippen molar-refractivity contribution in [3.8, 4) is 0 Å². The van der Waals surface area contributed by atoms with E-state index in [0.717, 1.165) is 6.08 Å². The Morgan fingerprint density at radius 2 is 2.00 bits per heavy atom. The van der Waals surface area contributed by atoms with Gasteiger partial charge in [-0.05, 0) is 17.6 Å². The second-order valence-electron chi connectivity index (χ2n) is 4.98. The van der Waals surface area contributed by atoms with Crippen LogP contribution in [0.4, 0.5) is 5.69 Å². The van der Waals surface area contributed by atoms with Gasteiger partial charge in [-0.2, -0.15) is 0 Å². The number of carboxylic acid groups (broad SMARTS) is 1. The van der Waals surface area contributed by atoms with E-state index in [-0.39, 0.29) is 17.2 Å². The molecule has 0 saturated carbocycles. The van der Waals surface area contributed by atoms with Crippen LogP contribution in [0.5, 0.6) is 0 Å². The maximum atomic E-state index is 12.3. The third-order valence-corrected chi connectivity index (χ3v) is 3.01. The van der Waals surface area contributed by atoms with Gasteiger partial charge in [-0.3, -0.25) is 14.9 Å². The number of methoxy groups -OCH3 is 1. The van der Waals surface area contributed by atoms with Gasteiger partial charge in [-0.1, -0.05) is 26.0 Å². The summed E-state index contributed by atoms with van der Waals surface area (Å²) >= 11 is 0. The van der Waals surface area contributed by atoms with Crippen molar-refractivity contribution in [3.05, 3.63) is 45.5 Å². The number of carbonyl (C=O) groups is 2. The molecule has 0 bridgehead atoms. The maximum Gasteiger partial charge on any atom is 0.339 e. The molecule has 22 heavy (non-hydrogen) atoms. The first-order chi connectivity index (χ1) is 10.3. The molecular weight excluding hydrogens is 290 g/mol. The molecule has 0 amide bonds. The Morgan fingerprint density at radius 3 is 2.45 bits per heavy atom. The molecule has 1 rings (SSSR count). The van der Waals surface area contributed by atoms with Crippen molar-refractivity contribution in [1.29, 1.82) is 0 Å². The summed E-state index contributed by atoms with van der Waals surface area (Å²) in [6.07, 6.45) is 0.229. The SMILES string of the molecule is COC(C(=O)C(=Cc1cccc([N+](=O)[O-])c1)C(=O)O)C(C)C. The molecule has 1 N–H and O–H groups in total. The number of ether oxygens (including phenoxy) is 1. The van der Waals surface area contributed by atoms with Gasteiger partial charge >= 0.3 is 5.97 Å². The summed E-state index contributed by atoms with van der Waals surface area (Å²) in [5, 5.41) is 20.0. The van der Waals surface area contributed by atoms with Gasteiger partial charge < -0.3 is 9.84 Å². The molecule has 1 aromatic rings. The van der Waals surface area contributed by atoms with Crippen molar-refractivity contribution in [1.82, 2.24) is 0 Å². The molecule has 7 nitrogen and oxygen atoms in total. The Morgan fingerprint density at radius 1 is 1.36 bits per heavy atom. The Kier molecular flexibility index (Phi) is 5.94. The second-order valence-corrected chi connectivity index (χ2v) is 4.98. The number of ketones is 1. The number of rotatable bonds is 7. The quantitative estimate of drug-likeness (QED) is 0.272. The molecule has 0 aliphatic rings. The summed E-state index contributed by atoms with van der Waals surface area (Å²) in [5.41, 5.74) is -0.391. The highest BCUT2D eigenvalue weighted by atomic mass is 16.6. The summed E-state index contributed by atoms with van der Waals surface area (Å²) in [4.78, 5) is 33.7. The van der Waals surface area contributed by atoms with Gasteiger partial charge in [0.2, 0.25) is 0 Å². The molecule has 0 fully saturated rings. The average molecular weight is 307 g/mol. The molecule has 0 saturated heterocycles. The fraction of sp³-hybridized carbons (Fsp3) is 0.333. The minimum atomic E-state index is -1.40. The van der Waals surface area contributed by atoms with Crippen LogP contribution in [0.25, 0.3) is 6.08 Å². The third kappa shape index (κ3) is 4.23. The molecular formula is C15H17NO6. The van der Waals surface area contributed by atoms with E-state index in [1.54, 1.807) is 13.8 Å². The molecule has 0 heterocycles. The third-order valence-electron chi connectivity index (χ3n) is 3.01. The number of Topliss-reactive ketones (excluding diaryl/α,β-unsaturated/α-hetero) is 1. The van der Waals surface area contributed by atoms with E-state index in [4.69, 9.17) is 4.74 Å². The lowest BCUT2D eigenvalue weighted by Gasteiger charge is -2.17. The Balaban J connectivity index is 3.25. The zero-order valence-corrected chi connectivity index (χ0v) is 12.5. The van der Waals surface area contributed by atoms with Crippen molar-refractivity contribution in [3.63, 3.8) is 0 Å². The van der Waals surface area contributed by atoms with Gasteiger partial charge in [0.05, 0.1) is 4.92 Å². The summed E-state index contributed by atoms with van der Waals surface area (Å²) in [6, 6.07) is 5.39. The van der Waals surface area contributed by atoms with Crippen LogP contribution in [0.2, 0.25) is 0 Å². The van der Waals surface area contributed by atoms with E-state index >= 15 is 0 Å². The number of non-ortho nitro benzene ring substituents is 1. The van der Waals surface area contributed by atoms with Gasteiger partial charge in [0.15, 0.2) is 5.78 Å². The fourth-order valence-corrected chi connectivity index (χ4v) is 1.97. The van der Waals surface area contributed by atoms with Gasteiger partial charge in [-0.15, -0.1) is 0 Å².